The van der Waals surface area contributed by atoms with Gasteiger partial charge in [-0.3, -0.25) is 9.48 Å². The molecule has 0 aliphatic heterocycles. The molecule has 0 spiro atoms. The van der Waals surface area contributed by atoms with Crippen LogP contribution >= 0.6 is 0 Å². The van der Waals surface area contributed by atoms with E-state index in [9.17, 15) is 18.3 Å². The maximum absolute atomic E-state index is 12.5. The molecule has 0 aliphatic carbocycles. The molecule has 148 valence electrons. The van der Waals surface area contributed by atoms with Crippen LogP contribution in [0.1, 0.15) is 37.7 Å². The molecule has 0 unspecified atom stereocenters. The van der Waals surface area contributed by atoms with Crippen LogP contribution in [0.25, 0.3) is 0 Å². The second-order valence-electron chi connectivity index (χ2n) is 7.03. The fourth-order valence-electron chi connectivity index (χ4n) is 2.84. The Bertz CT molecular complexity index is 946. The number of phenolic OH excluding ortho intramolecular Hbond substituents is 1. The predicted molar refractivity (Wildman–Crippen MR) is 105 cm³/mol. The van der Waals surface area contributed by atoms with Crippen LogP contribution in [0.3, 0.4) is 0 Å². The van der Waals surface area contributed by atoms with Crippen molar-refractivity contribution in [2.45, 2.75) is 52.5 Å². The maximum atomic E-state index is 12.5. The first-order valence-corrected chi connectivity index (χ1v) is 10.6. The van der Waals surface area contributed by atoms with Gasteiger partial charge in [-0.05, 0) is 38.0 Å². The summed E-state index contributed by atoms with van der Waals surface area (Å²) in [6, 6.07) is 3.89. The molecule has 8 heteroatoms. The third-order valence-corrected chi connectivity index (χ3v) is 6.12. The molecule has 0 atom stereocenters. The van der Waals surface area contributed by atoms with Gasteiger partial charge in [0.2, 0.25) is 5.91 Å². The van der Waals surface area contributed by atoms with Crippen LogP contribution in [0, 0.1) is 19.8 Å². The molecule has 0 aliphatic rings. The van der Waals surface area contributed by atoms with Crippen molar-refractivity contribution < 1.29 is 18.3 Å². The number of aryl methyl sites for hydroxylation is 1. The SMILES string of the molecule is CCS(=O)(=O)c1ccc(O)c(NC(=O)Cc2c(C)nn(CC(C)C)c2C)c1. The van der Waals surface area contributed by atoms with E-state index in [1.54, 1.807) is 6.92 Å². The van der Waals surface area contributed by atoms with Crippen LogP contribution < -0.4 is 5.32 Å². The summed E-state index contributed by atoms with van der Waals surface area (Å²) in [7, 11) is -3.43. The average Bonchev–Trinajstić information content (AvgIpc) is 2.83. The minimum atomic E-state index is -3.43. The molecule has 2 N–H and O–H groups in total. The molecule has 1 aromatic heterocycles. The van der Waals surface area contributed by atoms with Crippen molar-refractivity contribution in [3.05, 3.63) is 35.2 Å². The smallest absolute Gasteiger partial charge is 0.229 e. The van der Waals surface area contributed by atoms with Crippen molar-refractivity contribution in [3.63, 3.8) is 0 Å². The van der Waals surface area contributed by atoms with E-state index in [0.29, 0.717) is 5.92 Å². The summed E-state index contributed by atoms with van der Waals surface area (Å²) in [5.74, 6) is -0.141. The Hall–Kier alpha value is -2.35. The van der Waals surface area contributed by atoms with E-state index in [2.05, 4.69) is 24.3 Å². The summed E-state index contributed by atoms with van der Waals surface area (Å²) in [6.45, 7) is 10.3. The van der Waals surface area contributed by atoms with E-state index in [1.807, 2.05) is 18.5 Å². The number of nitrogens with zero attached hydrogens (tertiary/aromatic N) is 2. The van der Waals surface area contributed by atoms with E-state index in [-0.39, 0.29) is 34.4 Å². The Morgan fingerprint density at radius 2 is 1.96 bits per heavy atom. The number of hydrogen-bond acceptors (Lipinski definition) is 5. The van der Waals surface area contributed by atoms with Gasteiger partial charge in [0.05, 0.1) is 28.5 Å². The van der Waals surface area contributed by atoms with Crippen LogP contribution in [0.4, 0.5) is 5.69 Å². The zero-order valence-electron chi connectivity index (χ0n) is 16.4. The van der Waals surface area contributed by atoms with Crippen molar-refractivity contribution in [2.75, 3.05) is 11.1 Å². The predicted octanol–water partition coefficient (Wildman–Crippen LogP) is 2.84. The highest BCUT2D eigenvalue weighted by Crippen LogP contribution is 2.27. The Labute approximate surface area is 160 Å². The standard InChI is InChI=1S/C19H27N3O4S/c1-6-27(25,26)15-7-8-18(23)17(9-15)20-19(24)10-16-13(4)21-22(14(16)5)11-12(2)3/h7-9,12,23H,6,10-11H2,1-5H3,(H,20,24). The van der Waals surface area contributed by atoms with Gasteiger partial charge in [0.25, 0.3) is 0 Å². The summed E-state index contributed by atoms with van der Waals surface area (Å²) < 4.78 is 25.9. The largest absolute Gasteiger partial charge is 0.506 e. The number of aromatic nitrogens is 2. The van der Waals surface area contributed by atoms with E-state index < -0.39 is 9.84 Å². The maximum Gasteiger partial charge on any atom is 0.229 e. The summed E-state index contributed by atoms with van der Waals surface area (Å²) >= 11 is 0. The summed E-state index contributed by atoms with van der Waals surface area (Å²) in [4.78, 5) is 12.6. The van der Waals surface area contributed by atoms with Crippen molar-refractivity contribution in [3.8, 4) is 5.75 Å². The normalized spacial score (nSPS) is 11.8. The lowest BCUT2D eigenvalue weighted by Crippen LogP contribution is -2.16. The monoisotopic (exact) mass is 393 g/mol. The first kappa shape index (κ1) is 21.0. The molecule has 1 aromatic carbocycles. The Kier molecular flexibility index (Phi) is 6.30. The van der Waals surface area contributed by atoms with E-state index in [0.717, 1.165) is 23.5 Å². The van der Waals surface area contributed by atoms with Crippen LogP contribution in [0.5, 0.6) is 5.75 Å². The summed E-state index contributed by atoms with van der Waals surface area (Å²) in [5.41, 5.74) is 2.64. The number of nitrogens with one attached hydrogen (secondary N) is 1. The van der Waals surface area contributed by atoms with Gasteiger partial charge in [0.15, 0.2) is 9.84 Å². The number of phenols is 1. The van der Waals surface area contributed by atoms with Crippen LogP contribution in [0.2, 0.25) is 0 Å². The number of anilines is 1. The molecule has 0 fully saturated rings. The molecule has 0 saturated carbocycles. The molecular formula is C19H27N3O4S. The molecule has 0 bridgehead atoms. The zero-order valence-corrected chi connectivity index (χ0v) is 17.2. The van der Waals surface area contributed by atoms with Gasteiger partial charge in [-0.15, -0.1) is 0 Å². The summed E-state index contributed by atoms with van der Waals surface area (Å²) in [5, 5.41) is 17.1. The van der Waals surface area contributed by atoms with E-state index >= 15 is 0 Å². The molecule has 0 saturated heterocycles. The number of carbonyl (C=O) groups is 1. The van der Waals surface area contributed by atoms with Crippen LogP contribution in [-0.2, 0) is 27.6 Å². The second kappa shape index (κ2) is 8.12. The fourth-order valence-corrected chi connectivity index (χ4v) is 3.75. The quantitative estimate of drug-likeness (QED) is 0.705. The van der Waals surface area contributed by atoms with E-state index in [4.69, 9.17) is 0 Å². The highest BCUT2D eigenvalue weighted by Gasteiger charge is 2.18. The fraction of sp³-hybridized carbons (Fsp3) is 0.474. The minimum absolute atomic E-state index is 0.0570. The number of aromatic hydroxyl groups is 1. The van der Waals surface area contributed by atoms with Crippen molar-refractivity contribution in [1.29, 1.82) is 0 Å². The number of rotatable bonds is 7. The summed E-state index contributed by atoms with van der Waals surface area (Å²) in [6.07, 6.45) is 0.0972. The molecule has 2 aromatic rings. The average molecular weight is 394 g/mol. The molecular weight excluding hydrogens is 366 g/mol. The Balaban J connectivity index is 2.22. The highest BCUT2D eigenvalue weighted by atomic mass is 32.2. The lowest BCUT2D eigenvalue weighted by Gasteiger charge is -2.10. The molecule has 27 heavy (non-hydrogen) atoms. The highest BCUT2D eigenvalue weighted by molar-refractivity contribution is 7.91. The van der Waals surface area contributed by atoms with Gasteiger partial charge in [0.1, 0.15) is 5.75 Å². The third kappa shape index (κ3) is 4.88. The van der Waals surface area contributed by atoms with Crippen molar-refractivity contribution >= 4 is 21.4 Å². The molecule has 1 amide bonds. The lowest BCUT2D eigenvalue weighted by atomic mass is 10.1. The Morgan fingerprint density at radius 3 is 2.56 bits per heavy atom. The van der Waals surface area contributed by atoms with Gasteiger partial charge in [-0.25, -0.2) is 8.42 Å². The van der Waals surface area contributed by atoms with Crippen molar-refractivity contribution in [2.24, 2.45) is 5.92 Å². The van der Waals surface area contributed by atoms with Gasteiger partial charge in [-0.2, -0.15) is 5.10 Å². The molecule has 7 nitrogen and oxygen atoms in total. The van der Waals surface area contributed by atoms with Crippen LogP contribution in [-0.4, -0.2) is 35.0 Å². The number of benzene rings is 1. The molecule has 0 radical (unpaired) electrons. The van der Waals surface area contributed by atoms with Crippen molar-refractivity contribution in [1.82, 2.24) is 9.78 Å². The number of carbonyl (C=O) groups excluding carboxylic acids is 1. The van der Waals surface area contributed by atoms with Gasteiger partial charge in [0, 0.05) is 17.8 Å². The number of amides is 1. The number of sulfone groups is 1. The first-order valence-electron chi connectivity index (χ1n) is 8.93. The second-order valence-corrected chi connectivity index (χ2v) is 9.31. The third-order valence-electron chi connectivity index (χ3n) is 4.39. The minimum Gasteiger partial charge on any atom is -0.506 e. The van der Waals surface area contributed by atoms with E-state index in [1.165, 1.54) is 18.2 Å². The first-order chi connectivity index (χ1) is 12.5. The topological polar surface area (TPSA) is 101 Å². The van der Waals surface area contributed by atoms with Crippen LogP contribution in [0.15, 0.2) is 23.1 Å². The molecule has 1 heterocycles. The zero-order chi connectivity index (χ0) is 20.4. The Morgan fingerprint density at radius 1 is 1.30 bits per heavy atom. The van der Waals surface area contributed by atoms with Gasteiger partial charge < -0.3 is 10.4 Å². The lowest BCUT2D eigenvalue weighted by molar-refractivity contribution is -0.115. The van der Waals surface area contributed by atoms with Gasteiger partial charge >= 0.3 is 0 Å². The number of hydrogen-bond donors (Lipinski definition) is 2. The molecule has 2 rings (SSSR count). The van der Waals surface area contributed by atoms with Gasteiger partial charge in [-0.1, -0.05) is 20.8 Å².